The van der Waals surface area contributed by atoms with Crippen LogP contribution in [0.15, 0.2) is 18.2 Å². The summed E-state index contributed by atoms with van der Waals surface area (Å²) in [6, 6.07) is 7.52. The van der Waals surface area contributed by atoms with Crippen LogP contribution in [-0.4, -0.2) is 31.1 Å². The molecule has 0 spiro atoms. The number of piperazine rings is 1. The molecule has 0 aliphatic carbocycles. The fourth-order valence-electron chi connectivity index (χ4n) is 3.11. The van der Waals surface area contributed by atoms with Gasteiger partial charge in [-0.15, -0.1) is 0 Å². The minimum atomic E-state index is 0.586. The SMILES string of the molecule is Cc1ccc([C@H](CC(C)C)N2CCNCC2)c(C)c1. The molecule has 0 bridgehead atoms. The average molecular weight is 260 g/mol. The molecular weight excluding hydrogens is 232 g/mol. The molecular formula is C17H28N2. The second-order valence-electron chi connectivity index (χ2n) is 6.29. The molecule has 1 aromatic carbocycles. The number of hydrogen-bond acceptors (Lipinski definition) is 2. The number of nitrogens with zero attached hydrogens (tertiary/aromatic N) is 1. The highest BCUT2D eigenvalue weighted by atomic mass is 15.2. The van der Waals surface area contributed by atoms with Crippen LogP contribution in [0.1, 0.15) is 43.0 Å². The van der Waals surface area contributed by atoms with Crippen LogP contribution in [-0.2, 0) is 0 Å². The van der Waals surface area contributed by atoms with Gasteiger partial charge in [0.2, 0.25) is 0 Å². The van der Waals surface area contributed by atoms with Gasteiger partial charge in [-0.05, 0) is 37.3 Å². The van der Waals surface area contributed by atoms with E-state index in [0.29, 0.717) is 6.04 Å². The van der Waals surface area contributed by atoms with Crippen LogP contribution in [0.4, 0.5) is 0 Å². The van der Waals surface area contributed by atoms with Gasteiger partial charge in [0.15, 0.2) is 0 Å². The maximum Gasteiger partial charge on any atom is 0.0354 e. The predicted octanol–water partition coefficient (Wildman–Crippen LogP) is 3.30. The second kappa shape index (κ2) is 6.53. The predicted molar refractivity (Wildman–Crippen MR) is 82.6 cm³/mol. The number of benzene rings is 1. The van der Waals surface area contributed by atoms with Crippen molar-refractivity contribution in [1.29, 1.82) is 0 Å². The molecule has 1 aliphatic heterocycles. The van der Waals surface area contributed by atoms with Gasteiger partial charge in [0, 0.05) is 32.2 Å². The fraction of sp³-hybridized carbons (Fsp3) is 0.647. The van der Waals surface area contributed by atoms with Crippen molar-refractivity contribution in [2.75, 3.05) is 26.2 Å². The third-order valence-corrected chi connectivity index (χ3v) is 4.07. The zero-order valence-corrected chi connectivity index (χ0v) is 12.9. The second-order valence-corrected chi connectivity index (χ2v) is 6.29. The largest absolute Gasteiger partial charge is 0.314 e. The van der Waals surface area contributed by atoms with Crippen molar-refractivity contribution >= 4 is 0 Å². The maximum atomic E-state index is 3.46. The minimum Gasteiger partial charge on any atom is -0.314 e. The molecule has 2 heteroatoms. The maximum absolute atomic E-state index is 3.46. The van der Waals surface area contributed by atoms with Gasteiger partial charge in [0.1, 0.15) is 0 Å². The Kier molecular flexibility index (Phi) is 5.00. The Morgan fingerprint density at radius 3 is 2.42 bits per heavy atom. The van der Waals surface area contributed by atoms with Crippen molar-refractivity contribution in [1.82, 2.24) is 10.2 Å². The van der Waals surface area contributed by atoms with E-state index in [4.69, 9.17) is 0 Å². The highest BCUT2D eigenvalue weighted by Gasteiger charge is 2.24. The summed E-state index contributed by atoms with van der Waals surface area (Å²) in [4.78, 5) is 2.66. The first kappa shape index (κ1) is 14.5. The Hall–Kier alpha value is -0.860. The lowest BCUT2D eigenvalue weighted by molar-refractivity contribution is 0.153. The number of aryl methyl sites for hydroxylation is 2. The standard InChI is InChI=1S/C17H28N2/c1-13(2)11-17(19-9-7-18-8-10-19)16-6-5-14(3)12-15(16)4/h5-6,12-13,17-18H,7-11H2,1-4H3/t17-/m0/s1. The highest BCUT2D eigenvalue weighted by Crippen LogP contribution is 2.30. The molecule has 1 heterocycles. The minimum absolute atomic E-state index is 0.586. The zero-order valence-electron chi connectivity index (χ0n) is 12.9. The number of rotatable bonds is 4. The van der Waals surface area contributed by atoms with Crippen LogP contribution in [0.25, 0.3) is 0 Å². The van der Waals surface area contributed by atoms with Crippen molar-refractivity contribution in [3.63, 3.8) is 0 Å². The van der Waals surface area contributed by atoms with E-state index < -0.39 is 0 Å². The van der Waals surface area contributed by atoms with Gasteiger partial charge < -0.3 is 5.32 Å². The lowest BCUT2D eigenvalue weighted by Crippen LogP contribution is -2.45. The molecule has 1 atom stereocenters. The molecule has 19 heavy (non-hydrogen) atoms. The Bertz CT molecular complexity index is 406. The van der Waals surface area contributed by atoms with Crippen LogP contribution >= 0.6 is 0 Å². The summed E-state index contributed by atoms with van der Waals surface area (Å²) in [5.74, 6) is 0.737. The molecule has 106 valence electrons. The molecule has 1 N–H and O–H groups in total. The zero-order chi connectivity index (χ0) is 13.8. The summed E-state index contributed by atoms with van der Waals surface area (Å²) in [6.45, 7) is 13.7. The molecule has 1 saturated heterocycles. The van der Waals surface area contributed by atoms with Crippen LogP contribution in [0.3, 0.4) is 0 Å². The summed E-state index contributed by atoms with van der Waals surface area (Å²) < 4.78 is 0. The smallest absolute Gasteiger partial charge is 0.0354 e. The van der Waals surface area contributed by atoms with Gasteiger partial charge in [-0.1, -0.05) is 37.6 Å². The van der Waals surface area contributed by atoms with Crippen LogP contribution < -0.4 is 5.32 Å². The molecule has 2 nitrogen and oxygen atoms in total. The molecule has 1 fully saturated rings. The van der Waals surface area contributed by atoms with Crippen molar-refractivity contribution < 1.29 is 0 Å². The van der Waals surface area contributed by atoms with E-state index in [0.717, 1.165) is 19.0 Å². The summed E-state index contributed by atoms with van der Waals surface area (Å²) in [5.41, 5.74) is 4.34. The highest BCUT2D eigenvalue weighted by molar-refractivity contribution is 5.33. The Morgan fingerprint density at radius 1 is 1.16 bits per heavy atom. The van der Waals surface area contributed by atoms with Crippen LogP contribution in [0.2, 0.25) is 0 Å². The van der Waals surface area contributed by atoms with Crippen molar-refractivity contribution in [2.24, 2.45) is 5.92 Å². The van der Waals surface area contributed by atoms with E-state index in [1.165, 1.54) is 36.2 Å². The number of hydrogen-bond donors (Lipinski definition) is 1. The van der Waals surface area contributed by atoms with E-state index in [9.17, 15) is 0 Å². The monoisotopic (exact) mass is 260 g/mol. The Morgan fingerprint density at radius 2 is 1.84 bits per heavy atom. The van der Waals surface area contributed by atoms with E-state index in [2.05, 4.69) is 56.1 Å². The summed E-state index contributed by atoms with van der Waals surface area (Å²) in [5, 5.41) is 3.46. The van der Waals surface area contributed by atoms with Crippen molar-refractivity contribution in [2.45, 2.75) is 40.2 Å². The Labute approximate surface area is 118 Å². The first-order chi connectivity index (χ1) is 9.08. The lowest BCUT2D eigenvalue weighted by Gasteiger charge is -2.37. The summed E-state index contributed by atoms with van der Waals surface area (Å²) >= 11 is 0. The third-order valence-electron chi connectivity index (χ3n) is 4.07. The lowest BCUT2D eigenvalue weighted by atomic mass is 9.91. The summed E-state index contributed by atoms with van der Waals surface area (Å²) in [6.07, 6.45) is 1.25. The average Bonchev–Trinajstić information content (AvgIpc) is 2.37. The van der Waals surface area contributed by atoms with Crippen molar-refractivity contribution in [3.8, 4) is 0 Å². The van der Waals surface area contributed by atoms with E-state index >= 15 is 0 Å². The molecule has 0 radical (unpaired) electrons. The first-order valence-corrected chi connectivity index (χ1v) is 7.60. The van der Waals surface area contributed by atoms with Gasteiger partial charge in [-0.2, -0.15) is 0 Å². The van der Waals surface area contributed by atoms with Gasteiger partial charge in [0.05, 0.1) is 0 Å². The summed E-state index contributed by atoms with van der Waals surface area (Å²) in [7, 11) is 0. The molecule has 0 amide bonds. The topological polar surface area (TPSA) is 15.3 Å². The molecule has 0 unspecified atom stereocenters. The third kappa shape index (κ3) is 3.80. The van der Waals surface area contributed by atoms with E-state index in [1.807, 2.05) is 0 Å². The van der Waals surface area contributed by atoms with Gasteiger partial charge in [0.25, 0.3) is 0 Å². The Balaban J connectivity index is 2.25. The fourth-order valence-corrected chi connectivity index (χ4v) is 3.11. The van der Waals surface area contributed by atoms with Crippen molar-refractivity contribution in [3.05, 3.63) is 34.9 Å². The normalized spacial score (nSPS) is 18.8. The molecule has 2 rings (SSSR count). The van der Waals surface area contributed by atoms with Gasteiger partial charge >= 0.3 is 0 Å². The van der Waals surface area contributed by atoms with E-state index in [-0.39, 0.29) is 0 Å². The van der Waals surface area contributed by atoms with Gasteiger partial charge in [-0.3, -0.25) is 4.90 Å². The number of nitrogens with one attached hydrogen (secondary N) is 1. The first-order valence-electron chi connectivity index (χ1n) is 7.60. The molecule has 0 saturated carbocycles. The quantitative estimate of drug-likeness (QED) is 0.893. The van der Waals surface area contributed by atoms with Gasteiger partial charge in [-0.25, -0.2) is 0 Å². The van der Waals surface area contributed by atoms with Crippen LogP contribution in [0, 0.1) is 19.8 Å². The molecule has 0 aromatic heterocycles. The molecule has 1 aromatic rings. The molecule has 1 aliphatic rings. The van der Waals surface area contributed by atoms with E-state index in [1.54, 1.807) is 0 Å². The van der Waals surface area contributed by atoms with Crippen LogP contribution in [0.5, 0.6) is 0 Å².